The van der Waals surface area contributed by atoms with Crippen molar-refractivity contribution in [2.45, 2.75) is 410 Å². The molecule has 1 amide bonds. The molecule has 0 aromatic rings. The molecule has 1 saturated heterocycles. The lowest BCUT2D eigenvalue weighted by molar-refractivity contribution is -0.305. The first-order valence-electron chi connectivity index (χ1n) is 38.7. The Morgan fingerprint density at radius 1 is 0.429 bits per heavy atom. The second kappa shape index (κ2) is 67.1. The van der Waals surface area contributed by atoms with E-state index in [9.17, 15) is 35.1 Å². The predicted molar refractivity (Wildman–Crippen MR) is 384 cm³/mol. The molecule has 1 rings (SSSR count). The van der Waals surface area contributed by atoms with E-state index in [0.29, 0.717) is 19.3 Å². The molecule has 8 atom stereocenters. The van der Waals surface area contributed by atoms with Crippen LogP contribution in [0.15, 0.2) is 72.9 Å². The van der Waals surface area contributed by atoms with Crippen molar-refractivity contribution in [3.8, 4) is 0 Å². The monoisotopic (exact) mass is 1280 g/mol. The third kappa shape index (κ3) is 54.0. The molecule has 0 aromatic heterocycles. The second-order valence-electron chi connectivity index (χ2n) is 26.7. The topological polar surface area (TPSA) is 175 Å². The van der Waals surface area contributed by atoms with Crippen molar-refractivity contribution in [3.05, 3.63) is 72.9 Å². The average molecular weight is 1280 g/mol. The maximum Gasteiger partial charge on any atom is 0.306 e. The van der Waals surface area contributed by atoms with Crippen LogP contribution in [0, 0.1) is 0 Å². The highest BCUT2D eigenvalue weighted by molar-refractivity contribution is 5.80. The van der Waals surface area contributed by atoms with Crippen LogP contribution in [0.25, 0.3) is 0 Å². The Kier molecular flexibility index (Phi) is 63.5. The summed E-state index contributed by atoms with van der Waals surface area (Å²) in [5.41, 5.74) is 0. The van der Waals surface area contributed by atoms with E-state index in [0.717, 1.165) is 89.9 Å². The highest BCUT2D eigenvalue weighted by Crippen LogP contribution is 2.27. The molecule has 0 saturated carbocycles. The number of hydrogen-bond donors (Lipinski definition) is 6. The first kappa shape index (κ1) is 86.1. The lowest BCUT2D eigenvalue weighted by Gasteiger charge is -2.41. The summed E-state index contributed by atoms with van der Waals surface area (Å²) in [6.45, 7) is 5.81. The molecule has 0 spiro atoms. The molecule has 0 aliphatic carbocycles. The zero-order valence-electron chi connectivity index (χ0n) is 59.2. The van der Waals surface area contributed by atoms with Crippen LogP contribution in [0.2, 0.25) is 0 Å². The van der Waals surface area contributed by atoms with Crippen molar-refractivity contribution >= 4 is 11.9 Å². The summed E-state index contributed by atoms with van der Waals surface area (Å²) in [7, 11) is 0. The Bertz CT molecular complexity index is 1760. The van der Waals surface area contributed by atoms with Crippen molar-refractivity contribution < 1.29 is 49.3 Å². The molecule has 530 valence electrons. The summed E-state index contributed by atoms with van der Waals surface area (Å²) in [6.07, 6.45) is 78.0. The lowest BCUT2D eigenvalue weighted by atomic mass is 9.99. The molecule has 1 aliphatic heterocycles. The number of aliphatic hydroxyl groups excluding tert-OH is 5. The molecule has 11 nitrogen and oxygen atoms in total. The van der Waals surface area contributed by atoms with Gasteiger partial charge in [-0.1, -0.05) is 331 Å². The fourth-order valence-electron chi connectivity index (χ4n) is 12.0. The van der Waals surface area contributed by atoms with E-state index >= 15 is 0 Å². The van der Waals surface area contributed by atoms with E-state index in [2.05, 4.69) is 86.8 Å². The number of amides is 1. The number of esters is 1. The molecular formula is C80H145NO10. The van der Waals surface area contributed by atoms with E-state index in [1.54, 1.807) is 6.08 Å². The van der Waals surface area contributed by atoms with E-state index in [1.807, 2.05) is 6.08 Å². The Morgan fingerprint density at radius 3 is 1.16 bits per heavy atom. The number of nitrogens with one attached hydrogen (secondary N) is 1. The molecule has 1 aliphatic rings. The lowest BCUT2D eigenvalue weighted by Crippen LogP contribution is -2.61. The molecular weight excluding hydrogens is 1130 g/mol. The summed E-state index contributed by atoms with van der Waals surface area (Å²) in [5.74, 6) is -1.19. The minimum atomic E-state index is -1.62. The molecule has 1 fully saturated rings. The van der Waals surface area contributed by atoms with Gasteiger partial charge >= 0.3 is 5.97 Å². The largest absolute Gasteiger partial charge is 0.454 e. The molecule has 11 heteroatoms. The third-order valence-electron chi connectivity index (χ3n) is 18.1. The van der Waals surface area contributed by atoms with Crippen molar-refractivity contribution in [2.75, 3.05) is 13.2 Å². The first-order chi connectivity index (χ1) is 44.7. The summed E-state index contributed by atoms with van der Waals surface area (Å²) < 4.78 is 17.7. The fraction of sp³-hybridized carbons (Fsp3) is 0.825. The normalized spacial score (nSPS) is 18.4. The number of aliphatic hydroxyl groups is 5. The van der Waals surface area contributed by atoms with Crippen LogP contribution in [0.5, 0.6) is 0 Å². The van der Waals surface area contributed by atoms with Crippen LogP contribution in [0.1, 0.15) is 361 Å². The Balaban J connectivity index is 2.54. The van der Waals surface area contributed by atoms with Crippen LogP contribution < -0.4 is 5.32 Å². The number of allylic oxidation sites excluding steroid dienone is 11. The van der Waals surface area contributed by atoms with Gasteiger partial charge in [-0.25, -0.2) is 0 Å². The highest BCUT2D eigenvalue weighted by atomic mass is 16.7. The maximum atomic E-state index is 13.5. The van der Waals surface area contributed by atoms with Crippen molar-refractivity contribution in [1.82, 2.24) is 5.32 Å². The quantitative estimate of drug-likeness (QED) is 0.0195. The zero-order chi connectivity index (χ0) is 66.0. The predicted octanol–water partition coefficient (Wildman–Crippen LogP) is 20.6. The van der Waals surface area contributed by atoms with E-state index in [1.165, 1.54) is 225 Å². The number of carbonyl (C=O) groups is 2. The van der Waals surface area contributed by atoms with Crippen molar-refractivity contribution in [1.29, 1.82) is 0 Å². The van der Waals surface area contributed by atoms with Gasteiger partial charge in [0.2, 0.25) is 5.91 Å². The average Bonchev–Trinajstić information content (AvgIpc) is 1.09. The van der Waals surface area contributed by atoms with E-state index in [-0.39, 0.29) is 13.0 Å². The fourth-order valence-corrected chi connectivity index (χ4v) is 12.0. The van der Waals surface area contributed by atoms with E-state index < -0.39 is 67.4 Å². The van der Waals surface area contributed by atoms with Crippen LogP contribution in [0.4, 0.5) is 0 Å². The Labute approximate surface area is 560 Å². The molecule has 91 heavy (non-hydrogen) atoms. The van der Waals surface area contributed by atoms with Gasteiger partial charge in [0.15, 0.2) is 12.4 Å². The van der Waals surface area contributed by atoms with E-state index in [4.69, 9.17) is 14.2 Å². The van der Waals surface area contributed by atoms with Gasteiger partial charge in [0.1, 0.15) is 24.4 Å². The Hall–Kier alpha value is -2.90. The van der Waals surface area contributed by atoms with Crippen molar-refractivity contribution in [2.24, 2.45) is 0 Å². The number of carbonyl (C=O) groups excluding carboxylic acids is 2. The SMILES string of the molecule is CCCCC/C=C\C/C=C\C/C=C\C/C=C\CCCCCCCCCCCC(=O)OC1C(OCC(NC(=O)C(O)CCCCCCCCCCCCCCCC/C=C/CCCCCCCC)C(O)/C=C/CCCCCCCCCCCCC)OC(CO)C(O)C1O. The molecule has 6 N–H and O–H groups in total. The minimum absolute atomic E-state index is 0.116. The highest BCUT2D eigenvalue weighted by Gasteiger charge is 2.47. The Morgan fingerprint density at radius 2 is 0.758 bits per heavy atom. The van der Waals surface area contributed by atoms with Crippen LogP contribution in [-0.4, -0.2) is 99.6 Å². The third-order valence-corrected chi connectivity index (χ3v) is 18.1. The van der Waals surface area contributed by atoms with Gasteiger partial charge in [-0.15, -0.1) is 0 Å². The van der Waals surface area contributed by atoms with Crippen LogP contribution >= 0.6 is 0 Å². The van der Waals surface area contributed by atoms with Gasteiger partial charge in [-0.3, -0.25) is 9.59 Å². The standard InChI is InChI=1S/C80H145NO10/c1-4-7-10-13-16-19-22-25-27-29-31-33-35-37-39-41-43-45-47-50-53-56-59-62-65-68-75(85)91-78-77(87)76(86)74(69-82)90-80(78)89-70-71(72(83)66-63-60-57-54-51-48-24-21-18-15-12-9-6-3)81-79(88)73(84)67-64-61-58-55-52-49-46-44-42-40-38-36-34-32-30-28-26-23-20-17-14-11-8-5-2/h16,19,25-28,31,33,37,39,63,66,71-74,76-78,80,82-84,86-87H,4-15,17-18,20-24,29-30,32,34-36,38,40-62,64-65,67-70H2,1-3H3,(H,81,88)/b19-16-,27-25-,28-26+,33-31-,39-37-,66-63+. The van der Waals surface area contributed by atoms with Gasteiger partial charge in [0.25, 0.3) is 0 Å². The second-order valence-corrected chi connectivity index (χ2v) is 26.7. The van der Waals surface area contributed by atoms with Gasteiger partial charge in [0, 0.05) is 6.42 Å². The van der Waals surface area contributed by atoms with Gasteiger partial charge in [-0.05, 0) is 96.3 Å². The zero-order valence-corrected chi connectivity index (χ0v) is 59.2. The number of unbranched alkanes of at least 4 members (excludes halogenated alkanes) is 43. The number of hydrogen-bond acceptors (Lipinski definition) is 10. The summed E-state index contributed by atoms with van der Waals surface area (Å²) in [4.78, 5) is 26.8. The summed E-state index contributed by atoms with van der Waals surface area (Å²) in [6, 6.07) is -1.03. The summed E-state index contributed by atoms with van der Waals surface area (Å²) >= 11 is 0. The van der Waals surface area contributed by atoms with Crippen molar-refractivity contribution in [3.63, 3.8) is 0 Å². The number of ether oxygens (including phenoxy) is 3. The van der Waals surface area contributed by atoms with Gasteiger partial charge in [-0.2, -0.15) is 0 Å². The van der Waals surface area contributed by atoms with Crippen LogP contribution in [0.3, 0.4) is 0 Å². The smallest absolute Gasteiger partial charge is 0.306 e. The molecule has 1 heterocycles. The molecule has 0 bridgehead atoms. The maximum absolute atomic E-state index is 13.5. The van der Waals surface area contributed by atoms with Gasteiger partial charge < -0.3 is 45.1 Å². The number of rotatable bonds is 67. The van der Waals surface area contributed by atoms with Crippen LogP contribution in [-0.2, 0) is 23.8 Å². The minimum Gasteiger partial charge on any atom is -0.454 e. The molecule has 8 unspecified atom stereocenters. The molecule has 0 radical (unpaired) electrons. The molecule has 0 aromatic carbocycles. The van der Waals surface area contributed by atoms with Gasteiger partial charge in [0.05, 0.1) is 25.4 Å². The first-order valence-corrected chi connectivity index (χ1v) is 38.7. The summed E-state index contributed by atoms with van der Waals surface area (Å²) in [5, 5.41) is 57.4.